The number of anilines is 1. The Bertz CT molecular complexity index is 1030. The third kappa shape index (κ3) is 3.96. The van der Waals surface area contributed by atoms with E-state index in [1.54, 1.807) is 24.3 Å². The predicted octanol–water partition coefficient (Wildman–Crippen LogP) is 2.03. The molecule has 0 fully saturated rings. The van der Waals surface area contributed by atoms with Crippen molar-refractivity contribution in [1.82, 2.24) is 4.90 Å². The number of aryl methyl sites for hydroxylation is 1. The Labute approximate surface area is 163 Å². The quantitative estimate of drug-likeness (QED) is 0.748. The fourth-order valence-electron chi connectivity index (χ4n) is 3.12. The van der Waals surface area contributed by atoms with Gasteiger partial charge in [-0.15, -0.1) is 0 Å². The van der Waals surface area contributed by atoms with Gasteiger partial charge in [-0.1, -0.05) is 30.3 Å². The van der Waals surface area contributed by atoms with Crippen molar-refractivity contribution in [3.05, 3.63) is 65.2 Å². The number of fused-ring (bicyclic) bond motifs is 1. The highest BCUT2D eigenvalue weighted by atomic mass is 32.2. The first-order valence-electron chi connectivity index (χ1n) is 8.70. The Balaban J connectivity index is 1.93. The molecule has 0 unspecified atom stereocenters. The lowest BCUT2D eigenvalue weighted by Gasteiger charge is -2.25. The number of para-hydroxylation sites is 1. The van der Waals surface area contributed by atoms with Gasteiger partial charge in [0.1, 0.15) is 15.9 Å². The summed E-state index contributed by atoms with van der Waals surface area (Å²) in [5.41, 5.74) is 1.76. The van der Waals surface area contributed by atoms with Crippen LogP contribution in [0.1, 0.15) is 32.7 Å². The number of carbonyl (C=O) groups is 3. The van der Waals surface area contributed by atoms with Gasteiger partial charge in [0.2, 0.25) is 5.91 Å². The highest BCUT2D eigenvalue weighted by molar-refractivity contribution is 7.90. The molecule has 0 bridgehead atoms. The summed E-state index contributed by atoms with van der Waals surface area (Å²) in [6.07, 6.45) is 0.869. The molecule has 2 aromatic rings. The van der Waals surface area contributed by atoms with E-state index >= 15 is 0 Å². The molecular formula is C20H20N2O5S. The summed E-state index contributed by atoms with van der Waals surface area (Å²) >= 11 is 0. The number of carbonyl (C=O) groups excluding carboxylic acids is 3. The van der Waals surface area contributed by atoms with Crippen molar-refractivity contribution < 1.29 is 22.8 Å². The molecule has 0 saturated heterocycles. The van der Waals surface area contributed by atoms with Crippen LogP contribution in [0.15, 0.2) is 48.5 Å². The van der Waals surface area contributed by atoms with Crippen molar-refractivity contribution in [2.24, 2.45) is 0 Å². The number of hydrogen-bond donors (Lipinski definition) is 1. The third-order valence-corrected chi connectivity index (χ3v) is 5.58. The van der Waals surface area contributed by atoms with Gasteiger partial charge in [-0.3, -0.25) is 19.3 Å². The molecule has 0 aromatic heterocycles. The van der Waals surface area contributed by atoms with E-state index in [-0.39, 0.29) is 23.3 Å². The summed E-state index contributed by atoms with van der Waals surface area (Å²) in [4.78, 5) is 39.4. The van der Waals surface area contributed by atoms with Gasteiger partial charge in [0.15, 0.2) is 0 Å². The van der Waals surface area contributed by atoms with Crippen LogP contribution in [-0.4, -0.2) is 49.1 Å². The minimum absolute atomic E-state index is 0.179. The standard InChI is InChI=1S/C20H20N2O5S/c1-13-7-3-6-10-16(13)21-18(23)17(11-12-28(2,26)27)22-19(24)14-8-4-5-9-15(14)20(22)25/h3-10,17H,11-12H2,1-2H3,(H,21,23)/t17-/m1/s1. The van der Waals surface area contributed by atoms with Gasteiger partial charge >= 0.3 is 0 Å². The van der Waals surface area contributed by atoms with E-state index in [4.69, 9.17) is 0 Å². The Hall–Kier alpha value is -3.00. The number of hydrogen-bond acceptors (Lipinski definition) is 5. The first-order valence-corrected chi connectivity index (χ1v) is 10.8. The molecule has 3 rings (SSSR count). The Morgan fingerprint density at radius 3 is 2.07 bits per heavy atom. The lowest BCUT2D eigenvalue weighted by Crippen LogP contribution is -2.48. The zero-order valence-corrected chi connectivity index (χ0v) is 16.3. The molecule has 0 aliphatic carbocycles. The van der Waals surface area contributed by atoms with Crippen LogP contribution in [-0.2, 0) is 14.6 Å². The number of rotatable bonds is 6. The highest BCUT2D eigenvalue weighted by Gasteiger charge is 2.42. The van der Waals surface area contributed by atoms with Crippen molar-refractivity contribution >= 4 is 33.2 Å². The average molecular weight is 400 g/mol. The maximum absolute atomic E-state index is 13.0. The molecule has 1 aliphatic rings. The molecule has 1 heterocycles. The Morgan fingerprint density at radius 1 is 1.00 bits per heavy atom. The third-order valence-electron chi connectivity index (χ3n) is 4.60. The first-order chi connectivity index (χ1) is 13.2. The van der Waals surface area contributed by atoms with Crippen molar-refractivity contribution in [3.63, 3.8) is 0 Å². The lowest BCUT2D eigenvalue weighted by atomic mass is 10.1. The summed E-state index contributed by atoms with van der Waals surface area (Å²) in [5.74, 6) is -2.13. The van der Waals surface area contributed by atoms with E-state index in [1.165, 1.54) is 12.1 Å². The maximum atomic E-state index is 13.0. The fraction of sp³-hybridized carbons (Fsp3) is 0.250. The average Bonchev–Trinajstić information content (AvgIpc) is 2.88. The molecule has 2 aromatic carbocycles. The zero-order chi connectivity index (χ0) is 20.5. The molecule has 0 radical (unpaired) electrons. The van der Waals surface area contributed by atoms with E-state index in [9.17, 15) is 22.8 Å². The van der Waals surface area contributed by atoms with E-state index in [2.05, 4.69) is 5.32 Å². The fourth-order valence-corrected chi connectivity index (χ4v) is 3.77. The van der Waals surface area contributed by atoms with Gasteiger partial charge in [0.05, 0.1) is 16.9 Å². The van der Waals surface area contributed by atoms with E-state index in [1.807, 2.05) is 19.1 Å². The minimum Gasteiger partial charge on any atom is -0.324 e. The summed E-state index contributed by atoms with van der Waals surface area (Å²) in [6, 6.07) is 12.1. The molecule has 0 spiro atoms. The number of benzene rings is 2. The molecule has 0 saturated carbocycles. The topological polar surface area (TPSA) is 101 Å². The highest BCUT2D eigenvalue weighted by Crippen LogP contribution is 2.26. The predicted molar refractivity (Wildman–Crippen MR) is 105 cm³/mol. The van der Waals surface area contributed by atoms with Crippen LogP contribution in [0.3, 0.4) is 0 Å². The van der Waals surface area contributed by atoms with Gasteiger partial charge in [-0.05, 0) is 37.1 Å². The smallest absolute Gasteiger partial charge is 0.262 e. The number of imide groups is 1. The zero-order valence-electron chi connectivity index (χ0n) is 15.5. The van der Waals surface area contributed by atoms with Gasteiger partial charge in [-0.2, -0.15) is 0 Å². The number of amides is 3. The Kier molecular flexibility index (Phi) is 5.33. The molecule has 146 valence electrons. The maximum Gasteiger partial charge on any atom is 0.262 e. The molecule has 28 heavy (non-hydrogen) atoms. The summed E-state index contributed by atoms with van der Waals surface area (Å²) in [5, 5.41) is 2.71. The van der Waals surface area contributed by atoms with Gasteiger partial charge in [0.25, 0.3) is 11.8 Å². The molecule has 7 nitrogen and oxygen atoms in total. The summed E-state index contributed by atoms with van der Waals surface area (Å²) < 4.78 is 23.3. The van der Waals surface area contributed by atoms with Crippen molar-refractivity contribution in [2.75, 3.05) is 17.3 Å². The molecule has 1 N–H and O–H groups in total. The van der Waals surface area contributed by atoms with Crippen LogP contribution in [0.5, 0.6) is 0 Å². The van der Waals surface area contributed by atoms with Crippen LogP contribution < -0.4 is 5.32 Å². The van der Waals surface area contributed by atoms with E-state index < -0.39 is 33.6 Å². The van der Waals surface area contributed by atoms with Gasteiger partial charge < -0.3 is 5.32 Å². The number of nitrogens with zero attached hydrogens (tertiary/aromatic N) is 1. The normalized spacial score (nSPS) is 14.7. The number of nitrogens with one attached hydrogen (secondary N) is 1. The van der Waals surface area contributed by atoms with Crippen molar-refractivity contribution in [1.29, 1.82) is 0 Å². The molecule has 3 amide bonds. The first kappa shape index (κ1) is 19.8. The molecular weight excluding hydrogens is 380 g/mol. The second-order valence-electron chi connectivity index (χ2n) is 6.76. The summed E-state index contributed by atoms with van der Waals surface area (Å²) in [6.45, 7) is 1.81. The van der Waals surface area contributed by atoms with Gasteiger partial charge in [-0.25, -0.2) is 8.42 Å². The number of sulfone groups is 1. The van der Waals surface area contributed by atoms with Crippen molar-refractivity contribution in [2.45, 2.75) is 19.4 Å². The molecule has 1 aliphatic heterocycles. The largest absolute Gasteiger partial charge is 0.324 e. The van der Waals surface area contributed by atoms with E-state index in [0.717, 1.165) is 16.7 Å². The SMILES string of the molecule is Cc1ccccc1NC(=O)[C@@H](CCS(C)(=O)=O)N1C(=O)c2ccccc2C1=O. The Morgan fingerprint density at radius 2 is 1.54 bits per heavy atom. The second-order valence-corrected chi connectivity index (χ2v) is 9.02. The van der Waals surface area contributed by atoms with Crippen LogP contribution in [0, 0.1) is 6.92 Å². The van der Waals surface area contributed by atoms with Crippen LogP contribution >= 0.6 is 0 Å². The second kappa shape index (κ2) is 7.55. The monoisotopic (exact) mass is 400 g/mol. The van der Waals surface area contributed by atoms with Crippen LogP contribution in [0.25, 0.3) is 0 Å². The molecule has 8 heteroatoms. The summed E-state index contributed by atoms with van der Waals surface area (Å²) in [7, 11) is -3.39. The van der Waals surface area contributed by atoms with E-state index in [0.29, 0.717) is 5.69 Å². The van der Waals surface area contributed by atoms with Crippen molar-refractivity contribution in [3.8, 4) is 0 Å². The minimum atomic E-state index is -3.39. The van der Waals surface area contributed by atoms with Gasteiger partial charge in [0, 0.05) is 11.9 Å². The lowest BCUT2D eigenvalue weighted by molar-refractivity contribution is -0.120. The van der Waals surface area contributed by atoms with Crippen LogP contribution in [0.4, 0.5) is 5.69 Å². The van der Waals surface area contributed by atoms with Crippen LogP contribution in [0.2, 0.25) is 0 Å². The molecule has 1 atom stereocenters.